The number of rotatable bonds is 8. The highest BCUT2D eigenvalue weighted by atomic mass is 16.5. The fourth-order valence-electron chi connectivity index (χ4n) is 1.53. The van der Waals surface area contributed by atoms with Gasteiger partial charge in [0.1, 0.15) is 5.76 Å². The average Bonchev–Trinajstić information content (AvgIpc) is 2.85. The number of hydrogen-bond acceptors (Lipinski definition) is 4. The van der Waals surface area contributed by atoms with E-state index in [-0.39, 0.29) is 5.97 Å². The van der Waals surface area contributed by atoms with Crippen molar-refractivity contribution in [3.63, 3.8) is 0 Å². The van der Waals surface area contributed by atoms with Gasteiger partial charge in [-0.3, -0.25) is 0 Å². The number of aryl methyl sites for hydroxylation is 1. The molecule has 1 aromatic heterocycles. The lowest BCUT2D eigenvalue weighted by atomic mass is 10.1. The first-order chi connectivity index (χ1) is 8.72. The fraction of sp³-hybridized carbons (Fsp3) is 0.500. The summed E-state index contributed by atoms with van der Waals surface area (Å²) in [6, 6.07) is 4.25. The minimum absolute atomic E-state index is 0.289. The summed E-state index contributed by atoms with van der Waals surface area (Å²) in [5.41, 5.74) is 0. The van der Waals surface area contributed by atoms with Crippen LogP contribution in [0.3, 0.4) is 0 Å². The van der Waals surface area contributed by atoms with Crippen molar-refractivity contribution in [1.29, 1.82) is 0 Å². The zero-order valence-electron chi connectivity index (χ0n) is 11.0. The van der Waals surface area contributed by atoms with Crippen molar-refractivity contribution in [2.24, 2.45) is 0 Å². The fourth-order valence-corrected chi connectivity index (χ4v) is 1.53. The van der Waals surface area contributed by atoms with Crippen LogP contribution in [0.5, 0.6) is 0 Å². The van der Waals surface area contributed by atoms with Gasteiger partial charge in [-0.1, -0.05) is 6.08 Å². The Morgan fingerprint density at radius 2 is 2.44 bits per heavy atom. The lowest BCUT2D eigenvalue weighted by Gasteiger charge is -2.10. The minimum atomic E-state index is -0.289. The Balaban J connectivity index is 2.09. The molecule has 1 aromatic rings. The predicted molar refractivity (Wildman–Crippen MR) is 70.3 cm³/mol. The summed E-state index contributed by atoms with van der Waals surface area (Å²) >= 11 is 0. The van der Waals surface area contributed by atoms with Crippen molar-refractivity contribution in [2.45, 2.75) is 32.7 Å². The van der Waals surface area contributed by atoms with Crippen LogP contribution in [0.1, 0.15) is 26.0 Å². The van der Waals surface area contributed by atoms with E-state index >= 15 is 0 Å². The number of esters is 1. The third-order valence-electron chi connectivity index (χ3n) is 2.53. The molecule has 0 aliphatic carbocycles. The quantitative estimate of drug-likeness (QED) is 0.569. The highest BCUT2D eigenvalue weighted by Crippen LogP contribution is 2.05. The van der Waals surface area contributed by atoms with Crippen LogP contribution in [-0.2, 0) is 16.0 Å². The Morgan fingerprint density at radius 1 is 1.61 bits per heavy atom. The zero-order chi connectivity index (χ0) is 13.2. The van der Waals surface area contributed by atoms with E-state index < -0.39 is 0 Å². The van der Waals surface area contributed by atoms with Crippen molar-refractivity contribution in [2.75, 3.05) is 13.2 Å². The summed E-state index contributed by atoms with van der Waals surface area (Å²) < 4.78 is 10.0. The molecular weight excluding hydrogens is 230 g/mol. The van der Waals surface area contributed by atoms with Gasteiger partial charge in [0.05, 0.1) is 12.9 Å². The second-order valence-electron chi connectivity index (χ2n) is 4.08. The van der Waals surface area contributed by atoms with Crippen LogP contribution in [0.25, 0.3) is 0 Å². The molecule has 100 valence electrons. The van der Waals surface area contributed by atoms with E-state index in [1.165, 1.54) is 6.08 Å². The molecule has 0 amide bonds. The summed E-state index contributed by atoms with van der Waals surface area (Å²) in [5.74, 6) is 0.716. The number of furan rings is 1. The lowest BCUT2D eigenvalue weighted by molar-refractivity contribution is -0.137. The van der Waals surface area contributed by atoms with E-state index in [1.54, 1.807) is 19.3 Å². The molecule has 1 heterocycles. The molecule has 0 aliphatic rings. The number of ether oxygens (including phenoxy) is 1. The third kappa shape index (κ3) is 6.25. The van der Waals surface area contributed by atoms with Crippen LogP contribution in [0, 0.1) is 0 Å². The Hall–Kier alpha value is -1.55. The maximum Gasteiger partial charge on any atom is 0.330 e. The number of nitrogens with one attached hydrogen (secondary N) is 1. The summed E-state index contributed by atoms with van der Waals surface area (Å²) in [5, 5.41) is 3.31. The standard InChI is InChI=1S/C14H21NO3/c1-3-17-14(16)7-4-10-15-12(2)8-9-13-6-5-11-18-13/h4-7,11-12,15H,3,8-10H2,1-2H3/b7-4+. The van der Waals surface area contributed by atoms with Gasteiger partial charge in [-0.05, 0) is 32.4 Å². The molecule has 1 N–H and O–H groups in total. The SMILES string of the molecule is CCOC(=O)/C=C/CNC(C)CCc1ccco1. The van der Waals surface area contributed by atoms with Gasteiger partial charge >= 0.3 is 5.97 Å². The highest BCUT2D eigenvalue weighted by molar-refractivity contribution is 5.81. The average molecular weight is 251 g/mol. The maximum absolute atomic E-state index is 11.0. The first kappa shape index (κ1) is 14.5. The van der Waals surface area contributed by atoms with Gasteiger partial charge in [0.2, 0.25) is 0 Å². The Bertz CT molecular complexity index is 357. The first-order valence-corrected chi connectivity index (χ1v) is 6.31. The van der Waals surface area contributed by atoms with E-state index in [9.17, 15) is 4.79 Å². The van der Waals surface area contributed by atoms with Crippen LogP contribution in [0.15, 0.2) is 35.0 Å². The van der Waals surface area contributed by atoms with Gasteiger partial charge < -0.3 is 14.5 Å². The number of carbonyl (C=O) groups excluding carboxylic acids is 1. The van der Waals surface area contributed by atoms with E-state index in [4.69, 9.17) is 9.15 Å². The zero-order valence-corrected chi connectivity index (χ0v) is 11.0. The van der Waals surface area contributed by atoms with Crippen LogP contribution in [0.4, 0.5) is 0 Å². The van der Waals surface area contributed by atoms with Crippen molar-refractivity contribution >= 4 is 5.97 Å². The molecule has 0 saturated carbocycles. The Kier molecular flexibility index (Phi) is 6.87. The van der Waals surface area contributed by atoms with Crippen molar-refractivity contribution < 1.29 is 13.9 Å². The van der Waals surface area contributed by atoms with Gasteiger partial charge in [-0.25, -0.2) is 4.79 Å². The molecule has 4 heteroatoms. The van der Waals surface area contributed by atoms with Crippen molar-refractivity contribution in [3.8, 4) is 0 Å². The molecule has 1 unspecified atom stereocenters. The molecule has 0 aromatic carbocycles. The van der Waals surface area contributed by atoms with Gasteiger partial charge in [-0.15, -0.1) is 0 Å². The molecule has 0 aliphatic heterocycles. The van der Waals surface area contributed by atoms with Crippen molar-refractivity contribution in [1.82, 2.24) is 5.32 Å². The molecule has 4 nitrogen and oxygen atoms in total. The predicted octanol–water partition coefficient (Wildman–Crippen LogP) is 2.31. The first-order valence-electron chi connectivity index (χ1n) is 6.31. The smallest absolute Gasteiger partial charge is 0.330 e. The topological polar surface area (TPSA) is 51.5 Å². The Labute approximate surface area is 108 Å². The molecule has 0 spiro atoms. The third-order valence-corrected chi connectivity index (χ3v) is 2.53. The summed E-state index contributed by atoms with van der Waals surface area (Å²) in [4.78, 5) is 11.0. The van der Waals surface area contributed by atoms with E-state index in [2.05, 4.69) is 12.2 Å². The van der Waals surface area contributed by atoms with Gasteiger partial charge in [0, 0.05) is 25.1 Å². The van der Waals surface area contributed by atoms with E-state index in [0.717, 1.165) is 18.6 Å². The van der Waals surface area contributed by atoms with Crippen LogP contribution in [0.2, 0.25) is 0 Å². The molecule has 0 bridgehead atoms. The highest BCUT2D eigenvalue weighted by Gasteiger charge is 2.02. The minimum Gasteiger partial charge on any atom is -0.469 e. The van der Waals surface area contributed by atoms with Crippen LogP contribution >= 0.6 is 0 Å². The number of hydrogen-bond donors (Lipinski definition) is 1. The summed E-state index contributed by atoms with van der Waals surface area (Å²) in [6.07, 6.45) is 6.84. The van der Waals surface area contributed by atoms with Crippen molar-refractivity contribution in [3.05, 3.63) is 36.3 Å². The van der Waals surface area contributed by atoms with Crippen LogP contribution < -0.4 is 5.32 Å². The second kappa shape index (κ2) is 8.53. The van der Waals surface area contributed by atoms with Crippen LogP contribution in [-0.4, -0.2) is 25.2 Å². The summed E-state index contributed by atoms with van der Waals surface area (Å²) in [7, 11) is 0. The molecular formula is C14H21NO3. The molecule has 1 atom stereocenters. The maximum atomic E-state index is 11.0. The van der Waals surface area contributed by atoms with E-state index in [0.29, 0.717) is 19.2 Å². The molecule has 1 rings (SSSR count). The lowest BCUT2D eigenvalue weighted by Crippen LogP contribution is -2.26. The van der Waals surface area contributed by atoms with Gasteiger partial charge in [0.25, 0.3) is 0 Å². The molecule has 0 radical (unpaired) electrons. The van der Waals surface area contributed by atoms with Gasteiger partial charge in [-0.2, -0.15) is 0 Å². The molecule has 18 heavy (non-hydrogen) atoms. The summed E-state index contributed by atoms with van der Waals surface area (Å²) in [6.45, 7) is 4.98. The largest absolute Gasteiger partial charge is 0.469 e. The van der Waals surface area contributed by atoms with Gasteiger partial charge in [0.15, 0.2) is 0 Å². The monoisotopic (exact) mass is 251 g/mol. The van der Waals surface area contributed by atoms with E-state index in [1.807, 2.05) is 12.1 Å². The molecule has 0 fully saturated rings. The number of carbonyl (C=O) groups is 1. The normalized spacial score (nSPS) is 12.8. The molecule has 0 saturated heterocycles. The second-order valence-corrected chi connectivity index (χ2v) is 4.08. The Morgan fingerprint density at radius 3 is 3.11 bits per heavy atom.